The SMILES string of the molecule is CCCNc1nc(OC)c(NC(=O)c2coc(Oc3cc(C(C)C)ccc3C)n2)c(OC)n1. The molecule has 0 aliphatic carbocycles. The number of anilines is 2. The molecule has 2 heterocycles. The van der Waals surface area contributed by atoms with Crippen LogP contribution < -0.4 is 24.8 Å². The smallest absolute Gasteiger partial charge is 0.399 e. The van der Waals surface area contributed by atoms with Gasteiger partial charge in [-0.3, -0.25) is 4.79 Å². The van der Waals surface area contributed by atoms with Crippen molar-refractivity contribution in [3.63, 3.8) is 0 Å². The summed E-state index contributed by atoms with van der Waals surface area (Å²) in [7, 11) is 2.88. The Morgan fingerprint density at radius 1 is 1.12 bits per heavy atom. The second kappa shape index (κ2) is 10.7. The molecule has 0 saturated carbocycles. The number of nitrogens with zero attached hydrogens (tertiary/aromatic N) is 3. The van der Waals surface area contributed by atoms with Crippen LogP contribution in [0.1, 0.15) is 54.7 Å². The number of aromatic nitrogens is 3. The average Bonchev–Trinajstić information content (AvgIpc) is 3.28. The highest BCUT2D eigenvalue weighted by Crippen LogP contribution is 2.33. The Hall–Kier alpha value is -3.82. The highest BCUT2D eigenvalue weighted by Gasteiger charge is 2.22. The molecule has 3 rings (SSSR count). The zero-order valence-electron chi connectivity index (χ0n) is 19.7. The summed E-state index contributed by atoms with van der Waals surface area (Å²) in [4.78, 5) is 25.5. The van der Waals surface area contributed by atoms with E-state index in [1.165, 1.54) is 20.5 Å². The number of hydrogen-bond donors (Lipinski definition) is 2. The van der Waals surface area contributed by atoms with Gasteiger partial charge in [-0.2, -0.15) is 15.0 Å². The Kier molecular flexibility index (Phi) is 7.70. The van der Waals surface area contributed by atoms with E-state index in [-0.39, 0.29) is 29.2 Å². The van der Waals surface area contributed by atoms with E-state index in [1.54, 1.807) is 0 Å². The fourth-order valence-electron chi connectivity index (χ4n) is 2.90. The van der Waals surface area contributed by atoms with Crippen molar-refractivity contribution in [3.8, 4) is 23.6 Å². The van der Waals surface area contributed by atoms with Crippen molar-refractivity contribution < 1.29 is 23.4 Å². The predicted octanol–water partition coefficient (Wildman–Crippen LogP) is 4.78. The number of hydrogen-bond acceptors (Lipinski definition) is 9. The Bertz CT molecular complexity index is 1090. The van der Waals surface area contributed by atoms with E-state index in [9.17, 15) is 4.79 Å². The first-order valence-electron chi connectivity index (χ1n) is 10.6. The van der Waals surface area contributed by atoms with Crippen molar-refractivity contribution in [3.05, 3.63) is 41.3 Å². The summed E-state index contributed by atoms with van der Waals surface area (Å²) in [5.74, 6) is 1.02. The van der Waals surface area contributed by atoms with Gasteiger partial charge in [0.05, 0.1) is 14.2 Å². The molecule has 33 heavy (non-hydrogen) atoms. The minimum absolute atomic E-state index is 0.0138. The summed E-state index contributed by atoms with van der Waals surface area (Å²) in [5.41, 5.74) is 2.24. The average molecular weight is 456 g/mol. The molecule has 10 heteroatoms. The molecule has 0 saturated heterocycles. The van der Waals surface area contributed by atoms with Crippen molar-refractivity contribution in [2.24, 2.45) is 0 Å². The van der Waals surface area contributed by atoms with E-state index in [0.717, 1.165) is 17.5 Å². The van der Waals surface area contributed by atoms with Crippen LogP contribution in [0.5, 0.6) is 23.6 Å². The lowest BCUT2D eigenvalue weighted by Crippen LogP contribution is -2.16. The van der Waals surface area contributed by atoms with Gasteiger partial charge in [0.15, 0.2) is 11.4 Å². The van der Waals surface area contributed by atoms with Gasteiger partial charge in [0, 0.05) is 6.54 Å². The maximum Gasteiger partial charge on any atom is 0.399 e. The number of rotatable bonds is 10. The summed E-state index contributed by atoms with van der Waals surface area (Å²) in [6.07, 6.45) is 2.06. The molecule has 0 fully saturated rings. The normalized spacial score (nSPS) is 10.8. The van der Waals surface area contributed by atoms with Crippen LogP contribution >= 0.6 is 0 Å². The highest BCUT2D eigenvalue weighted by molar-refractivity contribution is 6.04. The third-order valence-electron chi connectivity index (χ3n) is 4.79. The first-order valence-corrected chi connectivity index (χ1v) is 10.6. The van der Waals surface area contributed by atoms with Gasteiger partial charge < -0.3 is 29.3 Å². The zero-order chi connectivity index (χ0) is 24.0. The van der Waals surface area contributed by atoms with Crippen LogP contribution in [0.2, 0.25) is 0 Å². The molecule has 0 radical (unpaired) electrons. The molecule has 3 aromatic rings. The van der Waals surface area contributed by atoms with E-state index in [0.29, 0.717) is 24.2 Å². The molecule has 0 aliphatic rings. The van der Waals surface area contributed by atoms with E-state index < -0.39 is 5.91 Å². The van der Waals surface area contributed by atoms with Crippen LogP contribution in [0.3, 0.4) is 0 Å². The fourth-order valence-corrected chi connectivity index (χ4v) is 2.90. The van der Waals surface area contributed by atoms with Crippen LogP contribution in [-0.4, -0.2) is 41.6 Å². The number of methoxy groups -OCH3 is 2. The molecule has 0 spiro atoms. The van der Waals surface area contributed by atoms with E-state index in [4.69, 9.17) is 18.6 Å². The topological polar surface area (TPSA) is 121 Å². The molecule has 10 nitrogen and oxygen atoms in total. The third-order valence-corrected chi connectivity index (χ3v) is 4.79. The number of amides is 1. The van der Waals surface area contributed by atoms with E-state index in [2.05, 4.69) is 39.4 Å². The lowest BCUT2D eigenvalue weighted by molar-refractivity contribution is 0.102. The van der Waals surface area contributed by atoms with Crippen LogP contribution in [0, 0.1) is 6.92 Å². The predicted molar refractivity (Wildman–Crippen MR) is 124 cm³/mol. The Morgan fingerprint density at radius 2 is 1.82 bits per heavy atom. The number of aryl methyl sites for hydroxylation is 1. The maximum atomic E-state index is 12.8. The van der Waals surface area contributed by atoms with Gasteiger partial charge in [-0.05, 0) is 36.5 Å². The van der Waals surface area contributed by atoms with E-state index >= 15 is 0 Å². The summed E-state index contributed by atoms with van der Waals surface area (Å²) in [6, 6.07) is 5.96. The fraction of sp³-hybridized carbons (Fsp3) is 0.391. The van der Waals surface area contributed by atoms with Gasteiger partial charge in [0.2, 0.25) is 17.7 Å². The van der Waals surface area contributed by atoms with Gasteiger partial charge >= 0.3 is 6.08 Å². The van der Waals surface area contributed by atoms with Crippen molar-refractivity contribution in [2.45, 2.75) is 40.0 Å². The number of carbonyl (C=O) groups is 1. The molecule has 1 amide bonds. The molecule has 0 atom stereocenters. The summed E-state index contributed by atoms with van der Waals surface area (Å²) < 4.78 is 21.8. The molecule has 0 bridgehead atoms. The minimum atomic E-state index is -0.560. The molecule has 0 unspecified atom stereocenters. The lowest BCUT2D eigenvalue weighted by Gasteiger charge is -2.14. The first kappa shape index (κ1) is 23.8. The molecule has 0 aliphatic heterocycles. The highest BCUT2D eigenvalue weighted by atomic mass is 16.6. The largest absolute Gasteiger partial charge is 0.479 e. The second-order valence-corrected chi connectivity index (χ2v) is 7.60. The van der Waals surface area contributed by atoms with Crippen molar-refractivity contribution >= 4 is 17.5 Å². The van der Waals surface area contributed by atoms with Crippen molar-refractivity contribution in [1.82, 2.24) is 15.0 Å². The van der Waals surface area contributed by atoms with Gasteiger partial charge in [0.1, 0.15) is 12.0 Å². The summed E-state index contributed by atoms with van der Waals surface area (Å²) >= 11 is 0. The van der Waals surface area contributed by atoms with Crippen molar-refractivity contribution in [1.29, 1.82) is 0 Å². The van der Waals surface area contributed by atoms with Crippen LogP contribution in [-0.2, 0) is 0 Å². The monoisotopic (exact) mass is 455 g/mol. The van der Waals surface area contributed by atoms with E-state index in [1.807, 2.05) is 32.0 Å². The number of carbonyl (C=O) groups excluding carboxylic acids is 1. The van der Waals surface area contributed by atoms with Gasteiger partial charge in [-0.25, -0.2) is 0 Å². The minimum Gasteiger partial charge on any atom is -0.479 e. The summed E-state index contributed by atoms with van der Waals surface area (Å²) in [5, 5.41) is 5.73. The Balaban J connectivity index is 1.79. The van der Waals surface area contributed by atoms with Crippen LogP contribution in [0.25, 0.3) is 0 Å². The number of ether oxygens (including phenoxy) is 3. The zero-order valence-corrected chi connectivity index (χ0v) is 19.7. The Labute approximate surface area is 192 Å². The van der Waals surface area contributed by atoms with Gasteiger partial charge in [-0.15, -0.1) is 0 Å². The molecule has 1 aromatic carbocycles. The number of oxazole rings is 1. The van der Waals surface area contributed by atoms with Crippen LogP contribution in [0.15, 0.2) is 28.9 Å². The van der Waals surface area contributed by atoms with Gasteiger partial charge in [0.25, 0.3) is 5.91 Å². The number of nitrogens with one attached hydrogen (secondary N) is 2. The van der Waals surface area contributed by atoms with Crippen LogP contribution in [0.4, 0.5) is 11.6 Å². The number of benzene rings is 1. The van der Waals surface area contributed by atoms with Crippen molar-refractivity contribution in [2.75, 3.05) is 31.4 Å². The standard InChI is InChI=1S/C23H29N5O5/c1-7-10-24-22-27-20(30-5)18(21(28-22)31-6)26-19(29)16-12-32-23(25-16)33-17-11-15(13(2)3)9-8-14(17)4/h8-9,11-13H,7,10H2,1-6H3,(H,26,29)(H,24,27,28). The summed E-state index contributed by atoms with van der Waals surface area (Å²) in [6.45, 7) is 8.82. The first-order chi connectivity index (χ1) is 15.9. The van der Waals surface area contributed by atoms with Gasteiger partial charge in [-0.1, -0.05) is 32.9 Å². The quantitative estimate of drug-likeness (QED) is 0.445. The molecule has 176 valence electrons. The maximum absolute atomic E-state index is 12.8. The molecule has 2 N–H and O–H groups in total. The lowest BCUT2D eigenvalue weighted by atomic mass is 10.0. The third kappa shape index (κ3) is 5.71. The molecular formula is C23H29N5O5. The Morgan fingerprint density at radius 3 is 2.42 bits per heavy atom. The molecule has 2 aromatic heterocycles. The second-order valence-electron chi connectivity index (χ2n) is 7.60. The molecular weight excluding hydrogens is 426 g/mol.